The standard InChI is InChI=1S/C23H19N5O/c29-23(18-6-1-4-16(12-18)19-7-3-11-24-14-19)26-20-8-2-5-17(13-20)22-27-25-15-28(22)21-9-10-21/h1-8,11-15,21H,9-10H2,(H,26,29). The molecule has 1 saturated carbocycles. The summed E-state index contributed by atoms with van der Waals surface area (Å²) in [5.41, 5.74) is 4.19. The summed E-state index contributed by atoms with van der Waals surface area (Å²) >= 11 is 0. The van der Waals surface area contributed by atoms with Gasteiger partial charge in [0.25, 0.3) is 5.91 Å². The Morgan fingerprint density at radius 3 is 2.62 bits per heavy atom. The van der Waals surface area contributed by atoms with E-state index < -0.39 is 0 Å². The first-order valence-corrected chi connectivity index (χ1v) is 9.60. The lowest BCUT2D eigenvalue weighted by atomic mass is 10.0. The van der Waals surface area contributed by atoms with Gasteiger partial charge in [-0.15, -0.1) is 10.2 Å². The number of pyridine rings is 1. The van der Waals surface area contributed by atoms with Gasteiger partial charge in [-0.2, -0.15) is 0 Å². The second-order valence-corrected chi connectivity index (χ2v) is 7.15. The Hall–Kier alpha value is -3.80. The van der Waals surface area contributed by atoms with Crippen LogP contribution in [0, 0.1) is 0 Å². The Morgan fingerprint density at radius 2 is 1.79 bits per heavy atom. The molecule has 1 amide bonds. The first-order chi connectivity index (χ1) is 14.3. The number of aromatic nitrogens is 4. The molecule has 1 N–H and O–H groups in total. The van der Waals surface area contributed by atoms with Crippen molar-refractivity contribution in [1.82, 2.24) is 19.7 Å². The number of carbonyl (C=O) groups excluding carboxylic acids is 1. The molecule has 1 aliphatic rings. The van der Waals surface area contributed by atoms with Crippen LogP contribution < -0.4 is 5.32 Å². The van der Waals surface area contributed by atoms with E-state index in [1.807, 2.05) is 60.7 Å². The quantitative estimate of drug-likeness (QED) is 0.549. The fraction of sp³-hybridized carbons (Fsp3) is 0.130. The molecule has 0 aliphatic heterocycles. The van der Waals surface area contributed by atoms with Crippen molar-refractivity contribution in [3.05, 3.63) is 84.9 Å². The average molecular weight is 381 g/mol. The zero-order valence-electron chi connectivity index (χ0n) is 15.7. The van der Waals surface area contributed by atoms with Gasteiger partial charge in [-0.3, -0.25) is 9.78 Å². The van der Waals surface area contributed by atoms with Gasteiger partial charge in [0.2, 0.25) is 0 Å². The van der Waals surface area contributed by atoms with E-state index in [9.17, 15) is 4.79 Å². The molecule has 6 heteroatoms. The highest BCUT2D eigenvalue weighted by Gasteiger charge is 2.26. The molecule has 5 rings (SSSR count). The van der Waals surface area contributed by atoms with Crippen molar-refractivity contribution < 1.29 is 4.79 Å². The zero-order chi connectivity index (χ0) is 19.6. The molecule has 1 aliphatic carbocycles. The van der Waals surface area contributed by atoms with Crippen molar-refractivity contribution >= 4 is 11.6 Å². The summed E-state index contributed by atoms with van der Waals surface area (Å²) in [4.78, 5) is 17.0. The van der Waals surface area contributed by atoms with E-state index in [1.165, 1.54) is 0 Å². The largest absolute Gasteiger partial charge is 0.322 e. The lowest BCUT2D eigenvalue weighted by Crippen LogP contribution is -2.12. The number of anilines is 1. The van der Waals surface area contributed by atoms with Gasteiger partial charge in [-0.05, 0) is 48.7 Å². The smallest absolute Gasteiger partial charge is 0.255 e. The Bertz CT molecular complexity index is 1160. The number of benzene rings is 2. The normalized spacial score (nSPS) is 13.2. The van der Waals surface area contributed by atoms with E-state index in [2.05, 4.69) is 25.1 Å². The van der Waals surface area contributed by atoms with Crippen LogP contribution in [0.15, 0.2) is 79.4 Å². The summed E-state index contributed by atoms with van der Waals surface area (Å²) in [6, 6.07) is 19.6. The van der Waals surface area contributed by atoms with Gasteiger partial charge in [0.05, 0.1) is 0 Å². The summed E-state index contributed by atoms with van der Waals surface area (Å²) in [7, 11) is 0. The van der Waals surface area contributed by atoms with Crippen LogP contribution >= 0.6 is 0 Å². The number of nitrogens with one attached hydrogen (secondary N) is 1. The van der Waals surface area contributed by atoms with Crippen molar-refractivity contribution in [1.29, 1.82) is 0 Å². The van der Waals surface area contributed by atoms with Crippen LogP contribution in [0.25, 0.3) is 22.5 Å². The minimum atomic E-state index is -0.156. The van der Waals surface area contributed by atoms with E-state index in [4.69, 9.17) is 0 Å². The highest BCUT2D eigenvalue weighted by Crippen LogP contribution is 2.37. The van der Waals surface area contributed by atoms with E-state index in [1.54, 1.807) is 18.7 Å². The van der Waals surface area contributed by atoms with Crippen LogP contribution in [0.4, 0.5) is 5.69 Å². The molecule has 142 valence electrons. The first kappa shape index (κ1) is 17.3. The van der Waals surface area contributed by atoms with Crippen LogP contribution in [0.5, 0.6) is 0 Å². The molecule has 2 aromatic heterocycles. The summed E-state index contributed by atoms with van der Waals surface area (Å²) in [6.45, 7) is 0. The van der Waals surface area contributed by atoms with E-state index in [-0.39, 0.29) is 5.91 Å². The molecule has 6 nitrogen and oxygen atoms in total. The Kier molecular flexibility index (Phi) is 4.37. The summed E-state index contributed by atoms with van der Waals surface area (Å²) in [6.07, 6.45) is 7.62. The fourth-order valence-corrected chi connectivity index (χ4v) is 3.38. The zero-order valence-corrected chi connectivity index (χ0v) is 15.7. The number of hydrogen-bond donors (Lipinski definition) is 1. The molecule has 0 saturated heterocycles. The Morgan fingerprint density at radius 1 is 0.966 bits per heavy atom. The highest BCUT2D eigenvalue weighted by molar-refractivity contribution is 6.05. The molecular weight excluding hydrogens is 362 g/mol. The van der Waals surface area contributed by atoms with E-state index in [0.717, 1.165) is 41.0 Å². The van der Waals surface area contributed by atoms with Gasteiger partial charge >= 0.3 is 0 Å². The lowest BCUT2D eigenvalue weighted by molar-refractivity contribution is 0.102. The van der Waals surface area contributed by atoms with E-state index in [0.29, 0.717) is 11.6 Å². The fourth-order valence-electron chi connectivity index (χ4n) is 3.38. The third kappa shape index (κ3) is 3.65. The van der Waals surface area contributed by atoms with Crippen LogP contribution in [-0.4, -0.2) is 25.7 Å². The van der Waals surface area contributed by atoms with Crippen LogP contribution in [-0.2, 0) is 0 Å². The second-order valence-electron chi connectivity index (χ2n) is 7.15. The molecule has 0 atom stereocenters. The van der Waals surface area contributed by atoms with Crippen molar-refractivity contribution in [3.63, 3.8) is 0 Å². The monoisotopic (exact) mass is 381 g/mol. The number of nitrogens with zero attached hydrogens (tertiary/aromatic N) is 4. The number of amides is 1. The number of carbonyl (C=O) groups is 1. The predicted octanol–water partition coefficient (Wildman–Crippen LogP) is 4.59. The van der Waals surface area contributed by atoms with Gasteiger partial charge in [0.15, 0.2) is 5.82 Å². The SMILES string of the molecule is O=C(Nc1cccc(-c2nncn2C2CC2)c1)c1cccc(-c2cccnc2)c1. The van der Waals surface area contributed by atoms with Gasteiger partial charge < -0.3 is 9.88 Å². The average Bonchev–Trinajstić information content (AvgIpc) is 3.50. The second kappa shape index (κ2) is 7.31. The highest BCUT2D eigenvalue weighted by atomic mass is 16.1. The summed E-state index contributed by atoms with van der Waals surface area (Å²) in [5, 5.41) is 11.3. The number of rotatable bonds is 5. The van der Waals surface area contributed by atoms with Gasteiger partial charge in [0.1, 0.15) is 6.33 Å². The molecule has 0 spiro atoms. The maximum absolute atomic E-state index is 12.8. The summed E-state index contributed by atoms with van der Waals surface area (Å²) < 4.78 is 2.11. The molecule has 0 bridgehead atoms. The van der Waals surface area contributed by atoms with Crippen LogP contribution in [0.2, 0.25) is 0 Å². The topological polar surface area (TPSA) is 72.7 Å². The van der Waals surface area contributed by atoms with Crippen molar-refractivity contribution in [2.45, 2.75) is 18.9 Å². The molecule has 4 aromatic rings. The molecule has 2 aromatic carbocycles. The maximum Gasteiger partial charge on any atom is 0.255 e. The Labute approximate surface area is 168 Å². The van der Waals surface area contributed by atoms with E-state index >= 15 is 0 Å². The Balaban J connectivity index is 1.38. The van der Waals surface area contributed by atoms with Gasteiger partial charge in [0, 0.05) is 40.8 Å². The molecule has 29 heavy (non-hydrogen) atoms. The maximum atomic E-state index is 12.8. The lowest BCUT2D eigenvalue weighted by Gasteiger charge is -2.09. The van der Waals surface area contributed by atoms with Crippen molar-refractivity contribution in [3.8, 4) is 22.5 Å². The first-order valence-electron chi connectivity index (χ1n) is 9.60. The molecule has 1 fully saturated rings. The van der Waals surface area contributed by atoms with Crippen LogP contribution in [0.1, 0.15) is 29.2 Å². The third-order valence-electron chi connectivity index (χ3n) is 5.01. The van der Waals surface area contributed by atoms with Crippen molar-refractivity contribution in [2.24, 2.45) is 0 Å². The molecule has 2 heterocycles. The van der Waals surface area contributed by atoms with Crippen LogP contribution in [0.3, 0.4) is 0 Å². The molecule has 0 radical (unpaired) electrons. The third-order valence-corrected chi connectivity index (χ3v) is 5.01. The summed E-state index contributed by atoms with van der Waals surface area (Å²) in [5.74, 6) is 0.679. The van der Waals surface area contributed by atoms with Gasteiger partial charge in [-0.25, -0.2) is 0 Å². The predicted molar refractivity (Wildman–Crippen MR) is 111 cm³/mol. The van der Waals surface area contributed by atoms with Crippen molar-refractivity contribution in [2.75, 3.05) is 5.32 Å². The van der Waals surface area contributed by atoms with Gasteiger partial charge in [-0.1, -0.05) is 30.3 Å². The minimum Gasteiger partial charge on any atom is -0.322 e. The molecule has 0 unspecified atom stereocenters. The minimum absolute atomic E-state index is 0.156. The number of hydrogen-bond acceptors (Lipinski definition) is 4. The molecular formula is C23H19N5O.